The second kappa shape index (κ2) is 10.6. The molecule has 7 heteroatoms. The SMILES string of the molecule is CC.CC.CC(=O)OC(C)(C)C(=O)OCc1oc(=O)oc1C. The van der Waals surface area contributed by atoms with Gasteiger partial charge in [-0.1, -0.05) is 27.7 Å². The summed E-state index contributed by atoms with van der Waals surface area (Å²) >= 11 is 0. The Hall–Kier alpha value is -2.05. The highest BCUT2D eigenvalue weighted by Crippen LogP contribution is 2.14. The van der Waals surface area contributed by atoms with Gasteiger partial charge in [-0.05, 0) is 20.8 Å². The van der Waals surface area contributed by atoms with Gasteiger partial charge in [-0.25, -0.2) is 9.59 Å². The Kier molecular flexibility index (Phi) is 10.8. The summed E-state index contributed by atoms with van der Waals surface area (Å²) in [7, 11) is 0. The molecule has 0 radical (unpaired) electrons. The first kappa shape index (κ1) is 22.2. The van der Waals surface area contributed by atoms with Crippen molar-refractivity contribution in [1.29, 1.82) is 0 Å². The molecule has 1 heterocycles. The first-order valence-corrected chi connectivity index (χ1v) is 7.18. The van der Waals surface area contributed by atoms with Crippen LogP contribution in [-0.4, -0.2) is 17.5 Å². The molecule has 0 aromatic carbocycles. The predicted molar refractivity (Wildman–Crippen MR) is 80.3 cm³/mol. The molecule has 0 fully saturated rings. The Morgan fingerprint density at radius 2 is 1.59 bits per heavy atom. The fourth-order valence-electron chi connectivity index (χ4n) is 1.21. The van der Waals surface area contributed by atoms with E-state index in [1.165, 1.54) is 27.7 Å². The lowest BCUT2D eigenvalue weighted by Crippen LogP contribution is -2.38. The molecule has 1 rings (SSSR count). The molecule has 0 saturated heterocycles. The van der Waals surface area contributed by atoms with Crippen molar-refractivity contribution >= 4 is 11.9 Å². The summed E-state index contributed by atoms with van der Waals surface area (Å²) in [6.07, 6.45) is 0. The summed E-state index contributed by atoms with van der Waals surface area (Å²) in [5.74, 6) is -1.85. The summed E-state index contributed by atoms with van der Waals surface area (Å²) in [6.45, 7) is 13.2. The largest absolute Gasteiger partial charge is 0.519 e. The maximum absolute atomic E-state index is 11.6. The molecule has 0 spiro atoms. The molecule has 1 aromatic rings. The number of aryl methyl sites for hydroxylation is 1. The van der Waals surface area contributed by atoms with Crippen molar-refractivity contribution in [2.75, 3.05) is 0 Å². The van der Waals surface area contributed by atoms with E-state index in [0.717, 1.165) is 0 Å². The van der Waals surface area contributed by atoms with Gasteiger partial charge in [0.1, 0.15) is 0 Å². The topological polar surface area (TPSA) is 96.0 Å². The Labute approximate surface area is 130 Å². The van der Waals surface area contributed by atoms with Crippen LogP contribution >= 0.6 is 0 Å². The van der Waals surface area contributed by atoms with E-state index in [2.05, 4.69) is 8.83 Å². The zero-order valence-electron chi connectivity index (χ0n) is 14.6. The van der Waals surface area contributed by atoms with Gasteiger partial charge >= 0.3 is 17.8 Å². The number of ether oxygens (including phenoxy) is 2. The average molecular weight is 318 g/mol. The second-order valence-electron chi connectivity index (χ2n) is 4.11. The zero-order chi connectivity index (χ0) is 17.9. The first-order chi connectivity index (χ1) is 10.2. The standard InChI is InChI=1S/C11H14O7.2C2H6/c1-6-8(17-10(14)16-6)5-15-9(13)11(3,4)18-7(2)12;2*1-2/h5H2,1-4H3;2*1-2H3. The maximum Gasteiger partial charge on any atom is 0.519 e. The smallest absolute Gasteiger partial charge is 0.454 e. The highest BCUT2D eigenvalue weighted by atomic mass is 16.6. The Balaban J connectivity index is 0. The molecule has 0 aliphatic heterocycles. The molecule has 0 N–H and O–H groups in total. The summed E-state index contributed by atoms with van der Waals surface area (Å²) in [6, 6.07) is 0. The van der Waals surface area contributed by atoms with Crippen molar-refractivity contribution in [3.63, 3.8) is 0 Å². The van der Waals surface area contributed by atoms with Crippen molar-refractivity contribution in [2.45, 2.75) is 67.6 Å². The fraction of sp³-hybridized carbons (Fsp3) is 0.667. The van der Waals surface area contributed by atoms with Gasteiger partial charge in [-0.15, -0.1) is 0 Å². The normalized spacial score (nSPS) is 9.64. The van der Waals surface area contributed by atoms with Gasteiger partial charge in [0.25, 0.3) is 0 Å². The van der Waals surface area contributed by atoms with Crippen LogP contribution in [0.2, 0.25) is 0 Å². The third kappa shape index (κ3) is 7.66. The molecule has 0 unspecified atom stereocenters. The molecule has 0 saturated carbocycles. The van der Waals surface area contributed by atoms with Crippen LogP contribution in [0, 0.1) is 6.92 Å². The highest BCUT2D eigenvalue weighted by Gasteiger charge is 2.33. The second-order valence-corrected chi connectivity index (χ2v) is 4.11. The van der Waals surface area contributed by atoms with E-state index in [0.29, 0.717) is 0 Å². The van der Waals surface area contributed by atoms with E-state index in [4.69, 9.17) is 9.47 Å². The molecule has 128 valence electrons. The van der Waals surface area contributed by atoms with E-state index < -0.39 is 23.4 Å². The quantitative estimate of drug-likeness (QED) is 0.787. The molecule has 1 aromatic heterocycles. The van der Waals surface area contributed by atoms with Crippen LogP contribution in [0.15, 0.2) is 13.6 Å². The molecule has 7 nitrogen and oxygen atoms in total. The van der Waals surface area contributed by atoms with Crippen LogP contribution < -0.4 is 5.82 Å². The lowest BCUT2D eigenvalue weighted by atomic mass is 10.1. The van der Waals surface area contributed by atoms with Gasteiger partial charge in [-0.3, -0.25) is 4.79 Å². The van der Waals surface area contributed by atoms with E-state index in [9.17, 15) is 14.4 Å². The van der Waals surface area contributed by atoms with Gasteiger partial charge in [-0.2, -0.15) is 0 Å². The molecule has 0 aliphatic carbocycles. The van der Waals surface area contributed by atoms with Crippen molar-refractivity contribution in [3.8, 4) is 0 Å². The van der Waals surface area contributed by atoms with Gasteiger partial charge in [0.05, 0.1) is 0 Å². The van der Waals surface area contributed by atoms with Crippen LogP contribution in [0.4, 0.5) is 0 Å². The van der Waals surface area contributed by atoms with Crippen molar-refractivity contribution in [3.05, 3.63) is 22.1 Å². The van der Waals surface area contributed by atoms with E-state index in [1.807, 2.05) is 27.7 Å². The number of hydrogen-bond acceptors (Lipinski definition) is 7. The van der Waals surface area contributed by atoms with E-state index in [-0.39, 0.29) is 18.1 Å². The zero-order valence-corrected chi connectivity index (χ0v) is 14.6. The van der Waals surface area contributed by atoms with Crippen LogP contribution in [0.25, 0.3) is 0 Å². The number of esters is 2. The Morgan fingerprint density at radius 1 is 1.09 bits per heavy atom. The van der Waals surface area contributed by atoms with Crippen LogP contribution in [0.1, 0.15) is 60.0 Å². The third-order valence-corrected chi connectivity index (χ3v) is 2.06. The van der Waals surface area contributed by atoms with E-state index >= 15 is 0 Å². The van der Waals surface area contributed by atoms with Crippen LogP contribution in [0.5, 0.6) is 0 Å². The summed E-state index contributed by atoms with van der Waals surface area (Å²) in [5, 5.41) is 0. The Morgan fingerprint density at radius 3 is 1.95 bits per heavy atom. The number of rotatable bonds is 4. The van der Waals surface area contributed by atoms with Gasteiger partial charge < -0.3 is 18.3 Å². The average Bonchev–Trinajstić information content (AvgIpc) is 2.77. The third-order valence-electron chi connectivity index (χ3n) is 2.06. The van der Waals surface area contributed by atoms with Crippen molar-refractivity contribution < 1.29 is 27.9 Å². The van der Waals surface area contributed by atoms with Crippen molar-refractivity contribution in [2.24, 2.45) is 0 Å². The van der Waals surface area contributed by atoms with E-state index in [1.54, 1.807) is 0 Å². The lowest BCUT2D eigenvalue weighted by molar-refractivity contribution is -0.178. The Bertz CT molecular complexity index is 508. The molecule has 0 aliphatic rings. The molecule has 0 amide bonds. The molecule has 0 bridgehead atoms. The highest BCUT2D eigenvalue weighted by molar-refractivity contribution is 5.81. The van der Waals surface area contributed by atoms with Gasteiger partial charge in [0.2, 0.25) is 5.60 Å². The van der Waals surface area contributed by atoms with Gasteiger partial charge in [0.15, 0.2) is 18.1 Å². The molecular formula is C15H26O7. The summed E-state index contributed by atoms with van der Waals surface area (Å²) < 4.78 is 18.9. The number of carbonyl (C=O) groups is 2. The van der Waals surface area contributed by atoms with Crippen LogP contribution in [0.3, 0.4) is 0 Å². The molecule has 0 atom stereocenters. The van der Waals surface area contributed by atoms with Crippen LogP contribution in [-0.2, 0) is 25.7 Å². The lowest BCUT2D eigenvalue weighted by Gasteiger charge is -2.21. The van der Waals surface area contributed by atoms with Crippen molar-refractivity contribution in [1.82, 2.24) is 0 Å². The fourth-order valence-corrected chi connectivity index (χ4v) is 1.21. The maximum atomic E-state index is 11.6. The summed E-state index contributed by atoms with van der Waals surface area (Å²) in [4.78, 5) is 33.2. The molecule has 22 heavy (non-hydrogen) atoms. The number of hydrogen-bond donors (Lipinski definition) is 0. The predicted octanol–water partition coefficient (Wildman–Crippen LogP) is 2.98. The minimum atomic E-state index is -1.40. The minimum Gasteiger partial charge on any atom is -0.454 e. The summed E-state index contributed by atoms with van der Waals surface area (Å²) in [5.41, 5.74) is -1.40. The number of carbonyl (C=O) groups excluding carboxylic acids is 2. The minimum absolute atomic E-state index is 0.118. The van der Waals surface area contributed by atoms with Gasteiger partial charge in [0, 0.05) is 6.92 Å². The monoisotopic (exact) mass is 318 g/mol. The first-order valence-electron chi connectivity index (χ1n) is 7.18. The molecular weight excluding hydrogens is 292 g/mol.